The van der Waals surface area contributed by atoms with Crippen molar-refractivity contribution < 1.29 is 14.3 Å². The Balaban J connectivity index is 1.69. The van der Waals surface area contributed by atoms with Gasteiger partial charge in [-0.25, -0.2) is 9.97 Å². The molecule has 6 nitrogen and oxygen atoms in total. The van der Waals surface area contributed by atoms with E-state index in [-0.39, 0.29) is 18.4 Å². The normalized spacial score (nSPS) is 16.0. The summed E-state index contributed by atoms with van der Waals surface area (Å²) in [5.41, 5.74) is 1.70. The van der Waals surface area contributed by atoms with E-state index in [9.17, 15) is 9.90 Å². The van der Waals surface area contributed by atoms with Crippen molar-refractivity contribution in [1.29, 1.82) is 0 Å². The van der Waals surface area contributed by atoms with Crippen molar-refractivity contribution in [2.24, 2.45) is 0 Å². The molecule has 2 aromatic rings. The Bertz CT molecular complexity index is 647. The lowest BCUT2D eigenvalue weighted by molar-refractivity contribution is 0.0679. The van der Waals surface area contributed by atoms with Crippen LogP contribution in [0, 0.1) is 6.92 Å². The number of rotatable bonds is 3. The molecule has 3 heterocycles. The van der Waals surface area contributed by atoms with Crippen LogP contribution >= 0.6 is 0 Å². The van der Waals surface area contributed by atoms with Gasteiger partial charge in [-0.3, -0.25) is 4.79 Å². The van der Waals surface area contributed by atoms with E-state index in [0.717, 1.165) is 24.1 Å². The van der Waals surface area contributed by atoms with Gasteiger partial charge in [-0.1, -0.05) is 0 Å². The predicted molar refractivity (Wildman–Crippen MR) is 79.3 cm³/mol. The Morgan fingerprint density at radius 2 is 2.23 bits per heavy atom. The van der Waals surface area contributed by atoms with Crippen LogP contribution in [0.4, 0.5) is 0 Å². The highest BCUT2D eigenvalue weighted by molar-refractivity contribution is 5.91. The number of aromatic nitrogens is 2. The van der Waals surface area contributed by atoms with Crippen LogP contribution in [0.1, 0.15) is 46.4 Å². The van der Waals surface area contributed by atoms with E-state index in [0.29, 0.717) is 24.7 Å². The molecule has 3 rings (SSSR count). The van der Waals surface area contributed by atoms with Gasteiger partial charge in [0.05, 0.1) is 18.6 Å². The summed E-state index contributed by atoms with van der Waals surface area (Å²) in [5, 5.41) is 9.45. The van der Waals surface area contributed by atoms with Crippen molar-refractivity contribution in [1.82, 2.24) is 14.9 Å². The fourth-order valence-corrected chi connectivity index (χ4v) is 2.90. The summed E-state index contributed by atoms with van der Waals surface area (Å²) < 4.78 is 5.17. The van der Waals surface area contributed by atoms with Crippen molar-refractivity contribution in [3.8, 4) is 0 Å². The quantitative estimate of drug-likeness (QED) is 0.936. The van der Waals surface area contributed by atoms with Crippen LogP contribution in [-0.4, -0.2) is 39.0 Å². The van der Waals surface area contributed by atoms with E-state index in [1.807, 2.05) is 11.8 Å². The first-order valence-electron chi connectivity index (χ1n) is 7.45. The first-order valence-corrected chi connectivity index (χ1v) is 7.45. The molecule has 1 aliphatic heterocycles. The number of hydrogen-bond acceptors (Lipinski definition) is 5. The maximum absolute atomic E-state index is 12.2. The number of aryl methyl sites for hydroxylation is 1. The summed E-state index contributed by atoms with van der Waals surface area (Å²) in [6, 6.07) is 3.41. The third kappa shape index (κ3) is 2.87. The van der Waals surface area contributed by atoms with Gasteiger partial charge in [0.15, 0.2) is 5.76 Å². The number of aliphatic hydroxyl groups is 1. The maximum atomic E-state index is 12.2. The van der Waals surface area contributed by atoms with E-state index in [1.54, 1.807) is 18.3 Å². The minimum Gasteiger partial charge on any atom is -0.459 e. The van der Waals surface area contributed by atoms with E-state index in [1.165, 1.54) is 6.26 Å². The molecule has 1 aliphatic rings. The summed E-state index contributed by atoms with van der Waals surface area (Å²) in [4.78, 5) is 22.7. The van der Waals surface area contributed by atoms with E-state index >= 15 is 0 Å². The second kappa shape index (κ2) is 6.27. The summed E-state index contributed by atoms with van der Waals surface area (Å²) >= 11 is 0. The Morgan fingerprint density at radius 1 is 1.45 bits per heavy atom. The smallest absolute Gasteiger partial charge is 0.289 e. The van der Waals surface area contributed by atoms with Gasteiger partial charge in [-0.05, 0) is 31.9 Å². The molecule has 0 saturated carbocycles. The summed E-state index contributed by atoms with van der Waals surface area (Å²) in [7, 11) is 0. The molecule has 6 heteroatoms. The number of hydrogen-bond donors (Lipinski definition) is 1. The zero-order valence-electron chi connectivity index (χ0n) is 12.5. The molecule has 2 aromatic heterocycles. The topological polar surface area (TPSA) is 79.5 Å². The van der Waals surface area contributed by atoms with Crippen molar-refractivity contribution >= 4 is 5.91 Å². The third-order valence-electron chi connectivity index (χ3n) is 4.09. The summed E-state index contributed by atoms with van der Waals surface area (Å²) in [6.07, 6.45) is 4.86. The average molecular weight is 301 g/mol. The number of carbonyl (C=O) groups excluding carboxylic acids is 1. The van der Waals surface area contributed by atoms with Gasteiger partial charge in [-0.15, -0.1) is 0 Å². The molecule has 0 aromatic carbocycles. The Kier molecular flexibility index (Phi) is 4.20. The fraction of sp³-hybridized carbons (Fsp3) is 0.438. The predicted octanol–water partition coefficient (Wildman–Crippen LogP) is 1.89. The Labute approximate surface area is 128 Å². The van der Waals surface area contributed by atoms with Crippen LogP contribution in [0.15, 0.2) is 29.0 Å². The van der Waals surface area contributed by atoms with Crippen LogP contribution in [0.5, 0.6) is 0 Å². The van der Waals surface area contributed by atoms with E-state index < -0.39 is 0 Å². The third-order valence-corrected chi connectivity index (χ3v) is 4.09. The van der Waals surface area contributed by atoms with Gasteiger partial charge in [0, 0.05) is 30.8 Å². The molecule has 0 unspecified atom stereocenters. The molecule has 0 aliphatic carbocycles. The molecule has 0 bridgehead atoms. The highest BCUT2D eigenvalue weighted by Gasteiger charge is 2.27. The largest absolute Gasteiger partial charge is 0.459 e. The molecule has 0 radical (unpaired) electrons. The molecular weight excluding hydrogens is 282 g/mol. The van der Waals surface area contributed by atoms with Gasteiger partial charge in [-0.2, -0.15) is 0 Å². The van der Waals surface area contributed by atoms with Gasteiger partial charge in [0.25, 0.3) is 5.91 Å². The van der Waals surface area contributed by atoms with Crippen LogP contribution in [0.25, 0.3) is 0 Å². The zero-order valence-corrected chi connectivity index (χ0v) is 12.5. The highest BCUT2D eigenvalue weighted by Crippen LogP contribution is 2.29. The molecule has 0 spiro atoms. The molecule has 22 heavy (non-hydrogen) atoms. The number of furan rings is 1. The summed E-state index contributed by atoms with van der Waals surface area (Å²) in [5.74, 6) is 1.28. The van der Waals surface area contributed by atoms with Crippen LogP contribution < -0.4 is 0 Å². The molecule has 1 saturated heterocycles. The van der Waals surface area contributed by atoms with Gasteiger partial charge in [0.1, 0.15) is 5.82 Å². The first-order chi connectivity index (χ1) is 10.7. The molecule has 1 amide bonds. The monoisotopic (exact) mass is 301 g/mol. The van der Waals surface area contributed by atoms with Crippen molar-refractivity contribution in [2.45, 2.75) is 32.3 Å². The average Bonchev–Trinajstić information content (AvgIpc) is 3.09. The van der Waals surface area contributed by atoms with Crippen molar-refractivity contribution in [3.05, 3.63) is 47.4 Å². The summed E-state index contributed by atoms with van der Waals surface area (Å²) in [6.45, 7) is 3.12. The molecule has 1 N–H and O–H groups in total. The SMILES string of the molecule is Cc1ncc(CO)c(C2CCN(C(=O)c3ccco3)CC2)n1. The molecule has 0 atom stereocenters. The van der Waals surface area contributed by atoms with Crippen molar-refractivity contribution in [2.75, 3.05) is 13.1 Å². The minimum absolute atomic E-state index is 0.0544. The Hall–Kier alpha value is -2.21. The lowest BCUT2D eigenvalue weighted by Crippen LogP contribution is -2.38. The number of piperidine rings is 1. The number of nitrogens with zero attached hydrogens (tertiary/aromatic N) is 3. The van der Waals surface area contributed by atoms with Crippen LogP contribution in [0.2, 0.25) is 0 Å². The number of carbonyl (C=O) groups is 1. The lowest BCUT2D eigenvalue weighted by atomic mass is 9.91. The Morgan fingerprint density at radius 3 is 2.86 bits per heavy atom. The van der Waals surface area contributed by atoms with Gasteiger partial charge < -0.3 is 14.4 Å². The van der Waals surface area contributed by atoms with Crippen LogP contribution in [0.3, 0.4) is 0 Å². The minimum atomic E-state index is -0.0651. The van der Waals surface area contributed by atoms with E-state index in [4.69, 9.17) is 4.42 Å². The first kappa shape index (κ1) is 14.7. The van der Waals surface area contributed by atoms with Gasteiger partial charge in [0.2, 0.25) is 0 Å². The molecular formula is C16H19N3O3. The number of amides is 1. The zero-order chi connectivity index (χ0) is 15.5. The standard InChI is InChI=1S/C16H19N3O3/c1-11-17-9-13(10-20)15(18-11)12-4-6-19(7-5-12)16(21)14-3-2-8-22-14/h2-3,8-9,12,20H,4-7,10H2,1H3. The fourth-order valence-electron chi connectivity index (χ4n) is 2.90. The van der Waals surface area contributed by atoms with Crippen molar-refractivity contribution in [3.63, 3.8) is 0 Å². The second-order valence-corrected chi connectivity index (χ2v) is 5.53. The van der Waals surface area contributed by atoms with Gasteiger partial charge >= 0.3 is 0 Å². The molecule has 1 fully saturated rings. The lowest BCUT2D eigenvalue weighted by Gasteiger charge is -2.31. The maximum Gasteiger partial charge on any atom is 0.289 e. The molecule has 116 valence electrons. The van der Waals surface area contributed by atoms with Crippen LogP contribution in [-0.2, 0) is 6.61 Å². The second-order valence-electron chi connectivity index (χ2n) is 5.53. The number of likely N-dealkylation sites (tertiary alicyclic amines) is 1. The highest BCUT2D eigenvalue weighted by atomic mass is 16.3. The number of aliphatic hydroxyl groups excluding tert-OH is 1. The van der Waals surface area contributed by atoms with E-state index in [2.05, 4.69) is 9.97 Å².